The fourth-order valence-corrected chi connectivity index (χ4v) is 2.84. The number of halogens is 1. The SMILES string of the molecule is CCCC(CN)C(=O)Cc1c(Br)c(CC)nn1C. The molecule has 1 unspecified atom stereocenters. The molecule has 2 N–H and O–H groups in total. The Balaban J connectivity index is 2.84. The highest BCUT2D eigenvalue weighted by atomic mass is 79.9. The van der Waals surface area contributed by atoms with Gasteiger partial charge in [-0.3, -0.25) is 9.48 Å². The summed E-state index contributed by atoms with van der Waals surface area (Å²) in [6, 6.07) is 0. The molecule has 102 valence electrons. The second-order valence-corrected chi connectivity index (χ2v) is 5.34. The van der Waals surface area contributed by atoms with Gasteiger partial charge in [-0.25, -0.2) is 0 Å². The number of nitrogens with zero attached hydrogens (tertiary/aromatic N) is 2. The van der Waals surface area contributed by atoms with Gasteiger partial charge in [0.2, 0.25) is 0 Å². The van der Waals surface area contributed by atoms with Gasteiger partial charge in [0.05, 0.1) is 15.9 Å². The molecule has 0 aliphatic heterocycles. The van der Waals surface area contributed by atoms with Gasteiger partial charge in [0.25, 0.3) is 0 Å². The van der Waals surface area contributed by atoms with Crippen molar-refractivity contribution in [2.24, 2.45) is 18.7 Å². The average Bonchev–Trinajstić information content (AvgIpc) is 2.63. The highest BCUT2D eigenvalue weighted by Crippen LogP contribution is 2.23. The topological polar surface area (TPSA) is 60.9 Å². The van der Waals surface area contributed by atoms with Crippen molar-refractivity contribution in [3.05, 3.63) is 15.9 Å². The van der Waals surface area contributed by atoms with Gasteiger partial charge in [-0.2, -0.15) is 5.10 Å². The van der Waals surface area contributed by atoms with Crippen LogP contribution in [0.2, 0.25) is 0 Å². The number of Topliss-reactive ketones (excluding diaryl/α,β-unsaturated/α-hetero) is 1. The number of carbonyl (C=O) groups is 1. The third kappa shape index (κ3) is 3.42. The van der Waals surface area contributed by atoms with Crippen LogP contribution in [-0.4, -0.2) is 22.1 Å². The highest BCUT2D eigenvalue weighted by molar-refractivity contribution is 9.10. The Morgan fingerprint density at radius 2 is 2.17 bits per heavy atom. The summed E-state index contributed by atoms with van der Waals surface area (Å²) in [6.07, 6.45) is 3.12. The van der Waals surface area contributed by atoms with Crippen LogP contribution in [0, 0.1) is 5.92 Å². The Hall–Kier alpha value is -0.680. The molecule has 5 heteroatoms. The summed E-state index contributed by atoms with van der Waals surface area (Å²) in [4.78, 5) is 12.2. The van der Waals surface area contributed by atoms with E-state index in [1.165, 1.54) is 0 Å². The monoisotopic (exact) mass is 315 g/mol. The van der Waals surface area contributed by atoms with Crippen LogP contribution in [0.15, 0.2) is 4.47 Å². The molecule has 1 atom stereocenters. The molecule has 1 heterocycles. The van der Waals surface area contributed by atoms with Gasteiger partial charge < -0.3 is 5.73 Å². The summed E-state index contributed by atoms with van der Waals surface area (Å²) in [5, 5.41) is 4.40. The van der Waals surface area contributed by atoms with Crippen LogP contribution < -0.4 is 5.73 Å². The lowest BCUT2D eigenvalue weighted by molar-refractivity contribution is -0.122. The van der Waals surface area contributed by atoms with E-state index in [-0.39, 0.29) is 11.7 Å². The lowest BCUT2D eigenvalue weighted by atomic mass is 9.95. The smallest absolute Gasteiger partial charge is 0.143 e. The zero-order valence-corrected chi connectivity index (χ0v) is 13.0. The highest BCUT2D eigenvalue weighted by Gasteiger charge is 2.20. The zero-order chi connectivity index (χ0) is 13.7. The lowest BCUT2D eigenvalue weighted by Gasteiger charge is -2.12. The molecule has 1 rings (SSSR count). The molecule has 0 aromatic carbocycles. The maximum absolute atomic E-state index is 12.2. The molecule has 0 bridgehead atoms. The first-order chi connectivity index (χ1) is 8.54. The first-order valence-electron chi connectivity index (χ1n) is 6.48. The van der Waals surface area contributed by atoms with E-state index >= 15 is 0 Å². The average molecular weight is 316 g/mol. The molecular formula is C13H22BrN3O. The molecule has 0 spiro atoms. The minimum absolute atomic E-state index is 0.0260. The van der Waals surface area contributed by atoms with Crippen molar-refractivity contribution >= 4 is 21.7 Å². The Morgan fingerprint density at radius 1 is 1.50 bits per heavy atom. The third-order valence-electron chi connectivity index (χ3n) is 3.22. The summed E-state index contributed by atoms with van der Waals surface area (Å²) in [6.45, 7) is 4.56. The summed E-state index contributed by atoms with van der Waals surface area (Å²) >= 11 is 3.53. The largest absolute Gasteiger partial charge is 0.330 e. The normalized spacial score (nSPS) is 12.7. The van der Waals surface area contributed by atoms with Crippen LogP contribution in [0.1, 0.15) is 38.1 Å². The van der Waals surface area contributed by atoms with E-state index in [9.17, 15) is 4.79 Å². The molecule has 0 aliphatic rings. The number of aromatic nitrogens is 2. The predicted molar refractivity (Wildman–Crippen MR) is 76.4 cm³/mol. The van der Waals surface area contributed by atoms with Gasteiger partial charge in [0, 0.05) is 25.9 Å². The minimum Gasteiger partial charge on any atom is -0.330 e. The quantitative estimate of drug-likeness (QED) is 0.839. The number of nitrogens with two attached hydrogens (primary N) is 1. The van der Waals surface area contributed by atoms with Gasteiger partial charge in [-0.1, -0.05) is 20.3 Å². The summed E-state index contributed by atoms with van der Waals surface area (Å²) in [7, 11) is 1.88. The standard InChI is InChI=1S/C13H22BrN3O/c1-4-6-9(8-15)12(18)7-11-13(14)10(5-2)16-17(11)3/h9H,4-8,15H2,1-3H3. The molecule has 0 amide bonds. The minimum atomic E-state index is -0.0260. The van der Waals surface area contributed by atoms with Crippen LogP contribution in [0.5, 0.6) is 0 Å². The summed E-state index contributed by atoms with van der Waals surface area (Å²) < 4.78 is 2.76. The molecular weight excluding hydrogens is 294 g/mol. The fraction of sp³-hybridized carbons (Fsp3) is 0.692. The van der Waals surface area contributed by atoms with E-state index in [0.29, 0.717) is 13.0 Å². The Kier molecular flexibility index (Phi) is 6.02. The predicted octanol–water partition coefficient (Wildman–Crippen LogP) is 2.23. The van der Waals surface area contributed by atoms with Crippen LogP contribution in [0.25, 0.3) is 0 Å². The maximum atomic E-state index is 12.2. The number of ketones is 1. The Labute approximate surface area is 117 Å². The van der Waals surface area contributed by atoms with Gasteiger partial charge in [-0.05, 0) is 28.8 Å². The second kappa shape index (κ2) is 7.04. The molecule has 0 saturated carbocycles. The molecule has 0 saturated heterocycles. The van der Waals surface area contributed by atoms with Gasteiger partial charge in [-0.15, -0.1) is 0 Å². The van der Waals surface area contributed by atoms with Crippen molar-refractivity contribution < 1.29 is 4.79 Å². The summed E-state index contributed by atoms with van der Waals surface area (Å²) in [5.74, 6) is 0.188. The van der Waals surface area contributed by atoms with Crippen molar-refractivity contribution in [2.45, 2.75) is 39.5 Å². The van der Waals surface area contributed by atoms with E-state index in [4.69, 9.17) is 5.73 Å². The third-order valence-corrected chi connectivity index (χ3v) is 4.14. The van der Waals surface area contributed by atoms with E-state index in [2.05, 4.69) is 34.9 Å². The van der Waals surface area contributed by atoms with Crippen molar-refractivity contribution in [3.63, 3.8) is 0 Å². The van der Waals surface area contributed by atoms with E-state index < -0.39 is 0 Å². The number of aryl methyl sites for hydroxylation is 2. The van der Waals surface area contributed by atoms with Crippen LogP contribution >= 0.6 is 15.9 Å². The number of hydrogen-bond donors (Lipinski definition) is 1. The summed E-state index contributed by atoms with van der Waals surface area (Å²) in [5.41, 5.74) is 7.62. The Morgan fingerprint density at radius 3 is 2.61 bits per heavy atom. The molecule has 0 aliphatic carbocycles. The van der Waals surface area contributed by atoms with Crippen LogP contribution in [0.3, 0.4) is 0 Å². The first-order valence-corrected chi connectivity index (χ1v) is 7.27. The molecule has 4 nitrogen and oxygen atoms in total. The van der Waals surface area contributed by atoms with E-state index in [1.54, 1.807) is 4.68 Å². The van der Waals surface area contributed by atoms with E-state index in [0.717, 1.165) is 35.1 Å². The zero-order valence-electron chi connectivity index (χ0n) is 11.4. The fourth-order valence-electron chi connectivity index (χ4n) is 2.08. The van der Waals surface area contributed by atoms with Crippen molar-refractivity contribution in [1.82, 2.24) is 9.78 Å². The number of hydrogen-bond acceptors (Lipinski definition) is 3. The van der Waals surface area contributed by atoms with Crippen LogP contribution in [0.4, 0.5) is 0 Å². The Bertz CT molecular complexity index is 415. The van der Waals surface area contributed by atoms with E-state index in [1.807, 2.05) is 7.05 Å². The van der Waals surface area contributed by atoms with Gasteiger partial charge in [0.1, 0.15) is 5.78 Å². The lowest BCUT2D eigenvalue weighted by Crippen LogP contribution is -2.25. The van der Waals surface area contributed by atoms with Crippen molar-refractivity contribution in [1.29, 1.82) is 0 Å². The molecule has 0 fully saturated rings. The molecule has 0 radical (unpaired) electrons. The second-order valence-electron chi connectivity index (χ2n) is 4.55. The van der Waals surface area contributed by atoms with Gasteiger partial charge >= 0.3 is 0 Å². The molecule has 18 heavy (non-hydrogen) atoms. The molecule has 1 aromatic rings. The van der Waals surface area contributed by atoms with Crippen molar-refractivity contribution in [2.75, 3.05) is 6.54 Å². The first kappa shape index (κ1) is 15.4. The molecule has 1 aromatic heterocycles. The van der Waals surface area contributed by atoms with Crippen LogP contribution in [-0.2, 0) is 24.7 Å². The maximum Gasteiger partial charge on any atom is 0.143 e. The number of rotatable bonds is 7. The van der Waals surface area contributed by atoms with Crippen molar-refractivity contribution in [3.8, 4) is 0 Å². The van der Waals surface area contributed by atoms with Gasteiger partial charge in [0.15, 0.2) is 0 Å². The number of carbonyl (C=O) groups excluding carboxylic acids is 1.